The Hall–Kier alpha value is -0.900. The molecule has 3 heteroatoms. The molecule has 2 unspecified atom stereocenters. The first-order valence-electron chi connectivity index (χ1n) is 7.39. The Labute approximate surface area is 116 Å². The number of nitrogens with zero attached hydrogens (tertiary/aromatic N) is 1. The van der Waals surface area contributed by atoms with Crippen molar-refractivity contribution in [3.63, 3.8) is 0 Å². The fraction of sp³-hybridized carbons (Fsp3) is 0.625. The summed E-state index contributed by atoms with van der Waals surface area (Å²) in [7, 11) is 0. The molecule has 2 rings (SSSR count). The maximum absolute atomic E-state index is 5.68. The summed E-state index contributed by atoms with van der Waals surface area (Å²) in [5, 5.41) is 0. The SMILES string of the molecule is CC1CC(N(CCCN)Cc2ccccc2)CCO1. The zero-order chi connectivity index (χ0) is 13.5. The molecule has 2 atom stereocenters. The molecular formula is C16H26N2O. The van der Waals surface area contributed by atoms with E-state index in [-0.39, 0.29) is 0 Å². The van der Waals surface area contributed by atoms with Crippen LogP contribution in [-0.4, -0.2) is 36.7 Å². The summed E-state index contributed by atoms with van der Waals surface area (Å²) in [4.78, 5) is 2.58. The highest BCUT2D eigenvalue weighted by Gasteiger charge is 2.24. The zero-order valence-corrected chi connectivity index (χ0v) is 11.9. The number of hydrogen-bond donors (Lipinski definition) is 1. The van der Waals surface area contributed by atoms with E-state index >= 15 is 0 Å². The van der Waals surface area contributed by atoms with Crippen molar-refractivity contribution < 1.29 is 4.74 Å². The second-order valence-corrected chi connectivity index (χ2v) is 5.46. The molecular weight excluding hydrogens is 236 g/mol. The Kier molecular flexibility index (Phi) is 5.83. The lowest BCUT2D eigenvalue weighted by atomic mass is 10.0. The quantitative estimate of drug-likeness (QED) is 0.855. The highest BCUT2D eigenvalue weighted by molar-refractivity contribution is 5.14. The van der Waals surface area contributed by atoms with E-state index in [1.807, 2.05) is 0 Å². The van der Waals surface area contributed by atoms with E-state index in [0.29, 0.717) is 12.1 Å². The van der Waals surface area contributed by atoms with Gasteiger partial charge in [-0.15, -0.1) is 0 Å². The Morgan fingerprint density at radius 2 is 2.11 bits per heavy atom. The molecule has 1 saturated heterocycles. The van der Waals surface area contributed by atoms with Gasteiger partial charge in [0.15, 0.2) is 0 Å². The Morgan fingerprint density at radius 1 is 1.32 bits per heavy atom. The predicted molar refractivity (Wildman–Crippen MR) is 79.0 cm³/mol. The minimum absolute atomic E-state index is 0.384. The summed E-state index contributed by atoms with van der Waals surface area (Å²) in [6, 6.07) is 11.3. The topological polar surface area (TPSA) is 38.5 Å². The van der Waals surface area contributed by atoms with Crippen LogP contribution in [0, 0.1) is 0 Å². The maximum atomic E-state index is 5.68. The van der Waals surface area contributed by atoms with Crippen molar-refractivity contribution in [3.05, 3.63) is 35.9 Å². The van der Waals surface area contributed by atoms with Crippen molar-refractivity contribution in [2.24, 2.45) is 5.73 Å². The van der Waals surface area contributed by atoms with Gasteiger partial charge >= 0.3 is 0 Å². The molecule has 2 N–H and O–H groups in total. The average molecular weight is 262 g/mol. The van der Waals surface area contributed by atoms with Crippen molar-refractivity contribution in [3.8, 4) is 0 Å². The molecule has 0 saturated carbocycles. The van der Waals surface area contributed by atoms with Gasteiger partial charge in [-0.1, -0.05) is 30.3 Å². The molecule has 1 aromatic rings. The van der Waals surface area contributed by atoms with Crippen LogP contribution in [-0.2, 0) is 11.3 Å². The third-order valence-corrected chi connectivity index (χ3v) is 3.85. The molecule has 1 aliphatic rings. The molecule has 19 heavy (non-hydrogen) atoms. The van der Waals surface area contributed by atoms with Gasteiger partial charge in [0, 0.05) is 19.2 Å². The standard InChI is InChI=1S/C16H26N2O/c1-14-12-16(8-11-19-14)18(10-5-9-17)13-15-6-3-2-4-7-15/h2-4,6-7,14,16H,5,8-13,17H2,1H3. The molecule has 0 amide bonds. The van der Waals surface area contributed by atoms with E-state index in [1.165, 1.54) is 5.56 Å². The third-order valence-electron chi connectivity index (χ3n) is 3.85. The second kappa shape index (κ2) is 7.63. The van der Waals surface area contributed by atoms with E-state index < -0.39 is 0 Å². The molecule has 0 spiro atoms. The second-order valence-electron chi connectivity index (χ2n) is 5.46. The van der Waals surface area contributed by atoms with Crippen LogP contribution in [0.2, 0.25) is 0 Å². The van der Waals surface area contributed by atoms with Crippen LogP contribution in [0.5, 0.6) is 0 Å². The Balaban J connectivity index is 1.98. The van der Waals surface area contributed by atoms with Gasteiger partial charge in [0.05, 0.1) is 6.10 Å². The van der Waals surface area contributed by atoms with Gasteiger partial charge in [-0.05, 0) is 44.8 Å². The van der Waals surface area contributed by atoms with Crippen molar-refractivity contribution in [2.45, 2.75) is 44.9 Å². The van der Waals surface area contributed by atoms with Crippen LogP contribution in [0.4, 0.5) is 0 Å². The van der Waals surface area contributed by atoms with Gasteiger partial charge in [0.1, 0.15) is 0 Å². The molecule has 3 nitrogen and oxygen atoms in total. The van der Waals surface area contributed by atoms with Gasteiger partial charge in [0.25, 0.3) is 0 Å². The average Bonchev–Trinajstić information content (AvgIpc) is 2.44. The molecule has 106 valence electrons. The summed E-state index contributed by atoms with van der Waals surface area (Å²) in [6.45, 7) is 5.95. The smallest absolute Gasteiger partial charge is 0.0561 e. The largest absolute Gasteiger partial charge is 0.378 e. The van der Waals surface area contributed by atoms with Gasteiger partial charge < -0.3 is 10.5 Å². The number of nitrogens with two attached hydrogens (primary N) is 1. The lowest BCUT2D eigenvalue weighted by Gasteiger charge is -2.36. The molecule has 0 radical (unpaired) electrons. The minimum Gasteiger partial charge on any atom is -0.378 e. The van der Waals surface area contributed by atoms with Crippen LogP contribution in [0.15, 0.2) is 30.3 Å². The van der Waals surface area contributed by atoms with Crippen molar-refractivity contribution in [1.29, 1.82) is 0 Å². The zero-order valence-electron chi connectivity index (χ0n) is 11.9. The number of rotatable bonds is 6. The molecule has 0 aliphatic carbocycles. The highest BCUT2D eigenvalue weighted by atomic mass is 16.5. The summed E-state index contributed by atoms with van der Waals surface area (Å²) in [5.74, 6) is 0. The van der Waals surface area contributed by atoms with Gasteiger partial charge in [-0.3, -0.25) is 4.90 Å². The van der Waals surface area contributed by atoms with Crippen LogP contribution in [0.3, 0.4) is 0 Å². The first-order valence-corrected chi connectivity index (χ1v) is 7.39. The summed E-state index contributed by atoms with van der Waals surface area (Å²) in [5.41, 5.74) is 7.06. The summed E-state index contributed by atoms with van der Waals surface area (Å²) < 4.78 is 5.66. The van der Waals surface area contributed by atoms with Gasteiger partial charge in [0.2, 0.25) is 0 Å². The predicted octanol–water partition coefficient (Wildman–Crippen LogP) is 2.40. The molecule has 1 aliphatic heterocycles. The van der Waals surface area contributed by atoms with Gasteiger partial charge in [-0.2, -0.15) is 0 Å². The first kappa shape index (κ1) is 14.5. The molecule has 0 bridgehead atoms. The van der Waals surface area contributed by atoms with Crippen molar-refractivity contribution >= 4 is 0 Å². The number of hydrogen-bond acceptors (Lipinski definition) is 3. The van der Waals surface area contributed by atoms with Crippen LogP contribution < -0.4 is 5.73 Å². The molecule has 1 heterocycles. The lowest BCUT2D eigenvalue weighted by molar-refractivity contribution is -0.0196. The van der Waals surface area contributed by atoms with E-state index in [1.54, 1.807) is 0 Å². The first-order chi connectivity index (χ1) is 9.29. The van der Waals surface area contributed by atoms with Crippen molar-refractivity contribution in [1.82, 2.24) is 4.90 Å². The minimum atomic E-state index is 0.384. The van der Waals surface area contributed by atoms with E-state index in [2.05, 4.69) is 42.2 Å². The van der Waals surface area contributed by atoms with Crippen LogP contribution in [0.25, 0.3) is 0 Å². The Morgan fingerprint density at radius 3 is 2.79 bits per heavy atom. The fourth-order valence-electron chi connectivity index (χ4n) is 2.81. The van der Waals surface area contributed by atoms with E-state index in [0.717, 1.165) is 45.5 Å². The third kappa shape index (κ3) is 4.60. The maximum Gasteiger partial charge on any atom is 0.0561 e. The molecule has 1 fully saturated rings. The fourth-order valence-corrected chi connectivity index (χ4v) is 2.81. The molecule has 0 aromatic heterocycles. The summed E-state index contributed by atoms with van der Waals surface area (Å²) >= 11 is 0. The summed E-state index contributed by atoms with van der Waals surface area (Å²) in [6.07, 6.45) is 3.73. The van der Waals surface area contributed by atoms with E-state index in [4.69, 9.17) is 10.5 Å². The number of benzene rings is 1. The Bertz CT molecular complexity index is 355. The monoisotopic (exact) mass is 262 g/mol. The van der Waals surface area contributed by atoms with Crippen molar-refractivity contribution in [2.75, 3.05) is 19.7 Å². The lowest BCUT2D eigenvalue weighted by Crippen LogP contribution is -2.42. The van der Waals surface area contributed by atoms with Crippen LogP contribution in [0.1, 0.15) is 31.7 Å². The number of ether oxygens (including phenoxy) is 1. The molecule has 1 aromatic carbocycles. The van der Waals surface area contributed by atoms with E-state index in [9.17, 15) is 0 Å². The van der Waals surface area contributed by atoms with Crippen LogP contribution >= 0.6 is 0 Å². The normalized spacial score (nSPS) is 23.7. The van der Waals surface area contributed by atoms with Gasteiger partial charge in [-0.25, -0.2) is 0 Å². The highest BCUT2D eigenvalue weighted by Crippen LogP contribution is 2.21.